The molecule has 0 unspecified atom stereocenters. The minimum atomic E-state index is -0.141. The number of benzene rings is 1. The van der Waals surface area contributed by atoms with E-state index in [2.05, 4.69) is 16.9 Å². The molecule has 1 aromatic carbocycles. The summed E-state index contributed by atoms with van der Waals surface area (Å²) < 4.78 is 0. The van der Waals surface area contributed by atoms with Crippen molar-refractivity contribution >= 4 is 16.8 Å². The number of fused-ring (bicyclic) bond motifs is 1. The van der Waals surface area contributed by atoms with Crippen molar-refractivity contribution in [3.63, 3.8) is 0 Å². The Morgan fingerprint density at radius 1 is 1.30 bits per heavy atom. The van der Waals surface area contributed by atoms with Gasteiger partial charge in [0, 0.05) is 12.8 Å². The predicted molar refractivity (Wildman–Crippen MR) is 88.5 cm³/mol. The Kier molecular flexibility index (Phi) is 4.71. The van der Waals surface area contributed by atoms with E-state index in [0.29, 0.717) is 29.6 Å². The highest BCUT2D eigenvalue weighted by molar-refractivity contribution is 5.78. The number of aryl methyl sites for hydroxylation is 1. The van der Waals surface area contributed by atoms with E-state index in [4.69, 9.17) is 0 Å². The fraction of sp³-hybridized carbons (Fsp3) is 0.471. The number of nitrogens with zero attached hydrogens (tertiary/aromatic N) is 2. The molecule has 0 saturated carbocycles. The van der Waals surface area contributed by atoms with Gasteiger partial charge >= 0.3 is 0 Å². The van der Waals surface area contributed by atoms with E-state index in [9.17, 15) is 9.59 Å². The molecule has 122 valence electrons. The molecule has 1 aliphatic heterocycles. The van der Waals surface area contributed by atoms with Crippen LogP contribution in [-0.4, -0.2) is 53.5 Å². The molecule has 2 aromatic rings. The first kappa shape index (κ1) is 15.7. The maximum atomic E-state index is 12.3. The first-order chi connectivity index (χ1) is 11.2. The third-order valence-electron chi connectivity index (χ3n) is 4.56. The molecule has 0 spiro atoms. The highest BCUT2D eigenvalue weighted by atomic mass is 16.2. The Morgan fingerprint density at radius 3 is 2.78 bits per heavy atom. The Hall–Kier alpha value is -2.21. The van der Waals surface area contributed by atoms with Gasteiger partial charge in [0.25, 0.3) is 5.56 Å². The SMILES string of the molecule is CC[NH+]1CCN(C(=O)CCc2nc3ccccc3c(=O)[nH]2)CC1. The summed E-state index contributed by atoms with van der Waals surface area (Å²) in [5.74, 6) is 0.732. The van der Waals surface area contributed by atoms with Crippen LogP contribution in [0.3, 0.4) is 0 Å². The predicted octanol–water partition coefficient (Wildman–Crippen LogP) is -0.397. The molecule has 1 fully saturated rings. The Labute approximate surface area is 135 Å². The zero-order valence-electron chi connectivity index (χ0n) is 13.5. The molecule has 0 radical (unpaired) electrons. The first-order valence-corrected chi connectivity index (χ1v) is 8.26. The van der Waals surface area contributed by atoms with Crippen LogP contribution in [-0.2, 0) is 11.2 Å². The standard InChI is InChI=1S/C17H22N4O2/c1-2-20-9-11-21(12-10-20)16(22)8-7-15-18-14-6-4-3-5-13(14)17(23)19-15/h3-6H,2,7-12H2,1H3,(H,18,19,23)/p+1. The Bertz CT molecular complexity index is 748. The van der Waals surface area contributed by atoms with Crippen LogP contribution in [0.1, 0.15) is 19.2 Å². The van der Waals surface area contributed by atoms with Gasteiger partial charge in [0.2, 0.25) is 5.91 Å². The molecule has 1 aromatic heterocycles. The van der Waals surface area contributed by atoms with Crippen LogP contribution in [0, 0.1) is 0 Å². The largest absolute Gasteiger partial charge is 0.332 e. The van der Waals surface area contributed by atoms with Crippen molar-refractivity contribution in [2.45, 2.75) is 19.8 Å². The second-order valence-corrected chi connectivity index (χ2v) is 6.01. The lowest BCUT2D eigenvalue weighted by Gasteiger charge is -2.31. The number of carbonyl (C=O) groups excluding carboxylic acids is 1. The summed E-state index contributed by atoms with van der Waals surface area (Å²) in [5, 5.41) is 0.584. The van der Waals surface area contributed by atoms with Crippen LogP contribution in [0.2, 0.25) is 0 Å². The number of carbonyl (C=O) groups is 1. The van der Waals surface area contributed by atoms with Crippen molar-refractivity contribution in [2.75, 3.05) is 32.7 Å². The lowest BCUT2D eigenvalue weighted by molar-refractivity contribution is -0.902. The van der Waals surface area contributed by atoms with Crippen LogP contribution in [0.5, 0.6) is 0 Å². The average molecular weight is 315 g/mol. The van der Waals surface area contributed by atoms with E-state index >= 15 is 0 Å². The van der Waals surface area contributed by atoms with Crippen LogP contribution in [0.4, 0.5) is 0 Å². The summed E-state index contributed by atoms with van der Waals surface area (Å²) in [4.78, 5) is 35.0. The van der Waals surface area contributed by atoms with Crippen molar-refractivity contribution in [1.29, 1.82) is 0 Å². The van der Waals surface area contributed by atoms with Gasteiger partial charge in [-0.2, -0.15) is 0 Å². The maximum Gasteiger partial charge on any atom is 0.258 e. The Balaban J connectivity index is 1.62. The quantitative estimate of drug-likeness (QED) is 0.807. The summed E-state index contributed by atoms with van der Waals surface area (Å²) in [6.07, 6.45) is 0.864. The molecule has 6 nitrogen and oxygen atoms in total. The lowest BCUT2D eigenvalue weighted by atomic mass is 10.2. The molecule has 23 heavy (non-hydrogen) atoms. The number of hydrogen-bond acceptors (Lipinski definition) is 3. The minimum Gasteiger partial charge on any atom is -0.332 e. The van der Waals surface area contributed by atoms with E-state index < -0.39 is 0 Å². The normalized spacial score (nSPS) is 16.0. The number of para-hydroxylation sites is 1. The minimum absolute atomic E-state index is 0.141. The van der Waals surface area contributed by atoms with Crippen LogP contribution < -0.4 is 10.5 Å². The number of quaternary nitrogens is 1. The lowest BCUT2D eigenvalue weighted by Crippen LogP contribution is -3.14. The van der Waals surface area contributed by atoms with E-state index in [1.54, 1.807) is 11.0 Å². The van der Waals surface area contributed by atoms with Crippen molar-refractivity contribution in [3.8, 4) is 0 Å². The first-order valence-electron chi connectivity index (χ1n) is 8.26. The topological polar surface area (TPSA) is 70.5 Å². The third-order valence-corrected chi connectivity index (χ3v) is 4.56. The molecule has 2 heterocycles. The molecule has 1 saturated heterocycles. The molecule has 0 atom stereocenters. The number of piperazine rings is 1. The number of aromatic nitrogens is 2. The van der Waals surface area contributed by atoms with Crippen LogP contribution in [0.15, 0.2) is 29.1 Å². The number of likely N-dealkylation sites (N-methyl/N-ethyl adjacent to an activating group) is 1. The molecule has 2 N–H and O–H groups in total. The highest BCUT2D eigenvalue weighted by Gasteiger charge is 2.22. The summed E-state index contributed by atoms with van der Waals surface area (Å²) in [5.41, 5.74) is 0.539. The number of H-pyrrole nitrogens is 1. The van der Waals surface area contributed by atoms with Gasteiger partial charge in [-0.3, -0.25) is 9.59 Å². The van der Waals surface area contributed by atoms with Gasteiger partial charge in [-0.15, -0.1) is 0 Å². The number of hydrogen-bond donors (Lipinski definition) is 2. The molecular weight excluding hydrogens is 292 g/mol. The van der Waals surface area contributed by atoms with Gasteiger partial charge < -0.3 is 14.8 Å². The molecule has 1 aliphatic rings. The maximum absolute atomic E-state index is 12.3. The van der Waals surface area contributed by atoms with Crippen molar-refractivity contribution in [1.82, 2.24) is 14.9 Å². The zero-order chi connectivity index (χ0) is 16.2. The number of nitrogens with one attached hydrogen (secondary N) is 2. The number of rotatable bonds is 4. The smallest absolute Gasteiger partial charge is 0.258 e. The number of amides is 1. The van der Waals surface area contributed by atoms with Gasteiger partial charge in [-0.05, 0) is 19.1 Å². The molecule has 0 aliphatic carbocycles. The van der Waals surface area contributed by atoms with Crippen molar-refractivity contribution in [2.24, 2.45) is 0 Å². The fourth-order valence-corrected chi connectivity index (χ4v) is 3.06. The van der Waals surface area contributed by atoms with Crippen molar-refractivity contribution < 1.29 is 9.69 Å². The molecule has 1 amide bonds. The third kappa shape index (κ3) is 3.59. The summed E-state index contributed by atoms with van der Waals surface area (Å²) in [6, 6.07) is 7.26. The van der Waals surface area contributed by atoms with E-state index in [0.717, 1.165) is 32.7 Å². The van der Waals surface area contributed by atoms with Gasteiger partial charge in [0.15, 0.2) is 0 Å². The van der Waals surface area contributed by atoms with E-state index in [-0.39, 0.29) is 11.5 Å². The van der Waals surface area contributed by atoms with E-state index in [1.165, 1.54) is 0 Å². The van der Waals surface area contributed by atoms with Crippen molar-refractivity contribution in [3.05, 3.63) is 40.4 Å². The van der Waals surface area contributed by atoms with Gasteiger partial charge in [0.1, 0.15) is 5.82 Å². The second-order valence-electron chi connectivity index (χ2n) is 6.01. The Morgan fingerprint density at radius 2 is 2.04 bits per heavy atom. The highest BCUT2D eigenvalue weighted by Crippen LogP contribution is 2.07. The van der Waals surface area contributed by atoms with E-state index in [1.807, 2.05) is 23.1 Å². The number of aromatic amines is 1. The van der Waals surface area contributed by atoms with Crippen LogP contribution >= 0.6 is 0 Å². The fourth-order valence-electron chi connectivity index (χ4n) is 3.06. The zero-order valence-corrected chi connectivity index (χ0v) is 13.5. The summed E-state index contributed by atoms with van der Waals surface area (Å²) in [6.45, 7) is 6.98. The molecule has 3 rings (SSSR count). The molecular formula is C17H23N4O2+. The van der Waals surface area contributed by atoms with Gasteiger partial charge in [-0.25, -0.2) is 4.98 Å². The van der Waals surface area contributed by atoms with Gasteiger partial charge in [0.05, 0.1) is 43.6 Å². The van der Waals surface area contributed by atoms with Crippen LogP contribution in [0.25, 0.3) is 10.9 Å². The molecule has 6 heteroatoms. The second kappa shape index (κ2) is 6.91. The summed E-state index contributed by atoms with van der Waals surface area (Å²) in [7, 11) is 0. The average Bonchev–Trinajstić information content (AvgIpc) is 2.60. The van der Waals surface area contributed by atoms with Gasteiger partial charge in [-0.1, -0.05) is 12.1 Å². The monoisotopic (exact) mass is 315 g/mol. The molecule has 0 bridgehead atoms. The summed E-state index contributed by atoms with van der Waals surface area (Å²) >= 11 is 0.